The molecule has 48 heavy (non-hydrogen) atoms. The normalized spacial score (nSPS) is 22.0. The Morgan fingerprint density at radius 1 is 1.12 bits per heavy atom. The quantitative estimate of drug-likeness (QED) is 0.274. The predicted molar refractivity (Wildman–Crippen MR) is 180 cm³/mol. The Morgan fingerprint density at radius 3 is 2.65 bits per heavy atom. The molecular formula is C34H38F2N8O3S. The third-order valence-electron chi connectivity index (χ3n) is 9.58. The highest BCUT2D eigenvalue weighted by Gasteiger charge is 2.37. The number of nitriles is 1. The number of carbonyl (C=O) groups excluding carboxylic acids is 1. The van der Waals surface area contributed by atoms with Gasteiger partial charge in [-0.15, -0.1) is 11.3 Å². The number of rotatable bonds is 4. The zero-order valence-corrected chi connectivity index (χ0v) is 28.7. The number of carbonyl (C=O) groups is 1. The van der Waals surface area contributed by atoms with E-state index in [1.807, 2.05) is 0 Å². The van der Waals surface area contributed by atoms with Crippen molar-refractivity contribution < 1.29 is 23.0 Å². The van der Waals surface area contributed by atoms with Crippen LogP contribution in [0, 0.1) is 23.0 Å². The molecule has 11 nitrogen and oxygen atoms in total. The van der Waals surface area contributed by atoms with Crippen molar-refractivity contribution in [1.82, 2.24) is 24.8 Å². The summed E-state index contributed by atoms with van der Waals surface area (Å²) >= 11 is 0.870. The van der Waals surface area contributed by atoms with E-state index in [2.05, 4.69) is 56.9 Å². The van der Waals surface area contributed by atoms with Gasteiger partial charge in [-0.1, -0.05) is 0 Å². The van der Waals surface area contributed by atoms with Gasteiger partial charge in [0.05, 0.1) is 35.4 Å². The zero-order valence-electron chi connectivity index (χ0n) is 27.9. The summed E-state index contributed by atoms with van der Waals surface area (Å²) in [5, 5.41) is 13.5. The minimum absolute atomic E-state index is 0.0334. The monoisotopic (exact) mass is 676 g/mol. The second kappa shape index (κ2) is 12.1. The van der Waals surface area contributed by atoms with E-state index < -0.39 is 23.3 Å². The summed E-state index contributed by atoms with van der Waals surface area (Å²) in [6.45, 7) is 13.4. The SMILES string of the molecule is C[C@@H]1CN([C@H]2CCN(c3ncc4c5c(c(-c6ncc(F)c7sc(NC(=O)OC(C)(C)C)c(C#N)c67)c(F)c4n3)COC5)C2)[C@@H](C)CN1C. The van der Waals surface area contributed by atoms with Crippen LogP contribution in [0.15, 0.2) is 12.4 Å². The molecule has 0 saturated carbocycles. The van der Waals surface area contributed by atoms with Crippen LogP contribution in [-0.2, 0) is 22.7 Å². The Morgan fingerprint density at radius 2 is 1.90 bits per heavy atom. The molecule has 1 N–H and O–H groups in total. The molecule has 4 aromatic rings. The molecular weight excluding hydrogens is 638 g/mol. The summed E-state index contributed by atoms with van der Waals surface area (Å²) < 4.78 is 43.4. The van der Waals surface area contributed by atoms with Crippen molar-refractivity contribution in [2.75, 3.05) is 43.4 Å². The van der Waals surface area contributed by atoms with Gasteiger partial charge in [0.1, 0.15) is 22.2 Å². The first kappa shape index (κ1) is 32.5. The number of thiophene rings is 1. The lowest BCUT2D eigenvalue weighted by Crippen LogP contribution is -2.58. The minimum Gasteiger partial charge on any atom is -0.444 e. The average molecular weight is 677 g/mol. The van der Waals surface area contributed by atoms with E-state index in [1.54, 1.807) is 27.0 Å². The molecule has 14 heteroatoms. The van der Waals surface area contributed by atoms with Crippen molar-refractivity contribution in [1.29, 1.82) is 5.26 Å². The van der Waals surface area contributed by atoms with E-state index in [4.69, 9.17) is 14.5 Å². The van der Waals surface area contributed by atoms with Gasteiger partial charge in [0.25, 0.3) is 0 Å². The number of aromatic nitrogens is 3. The van der Waals surface area contributed by atoms with Gasteiger partial charge in [0.2, 0.25) is 5.95 Å². The standard InChI is InChI=1S/C34H38F2N8O3S/c1-17-13-44(18(2)12-42(17)6)19-7-8-43(14-19)32-39-10-21-22-15-46-16-23(22)25(27(36)28(21)40-32)29-26-20(9-37)31(41-33(45)47-34(3,4)5)48-30(26)24(35)11-38-29/h10-11,17-19H,7-8,12-16H2,1-6H3,(H,41,45)/t17-,18+,19+/m1/s1. The smallest absolute Gasteiger partial charge is 0.412 e. The van der Waals surface area contributed by atoms with E-state index in [0.29, 0.717) is 35.0 Å². The topological polar surface area (TPSA) is 120 Å². The van der Waals surface area contributed by atoms with Crippen LogP contribution >= 0.6 is 11.3 Å². The van der Waals surface area contributed by atoms with Crippen LogP contribution < -0.4 is 10.2 Å². The molecule has 3 aliphatic rings. The Bertz CT molecular complexity index is 1990. The maximum atomic E-state index is 17.0. The molecule has 0 bridgehead atoms. The van der Waals surface area contributed by atoms with Crippen molar-refractivity contribution in [2.45, 2.75) is 78.0 Å². The molecule has 0 spiro atoms. The lowest BCUT2D eigenvalue weighted by molar-refractivity contribution is 0.0343. The van der Waals surface area contributed by atoms with Crippen molar-refractivity contribution in [2.24, 2.45) is 0 Å². The highest BCUT2D eigenvalue weighted by atomic mass is 32.1. The van der Waals surface area contributed by atoms with Crippen LogP contribution in [0.25, 0.3) is 32.2 Å². The Kier molecular flexibility index (Phi) is 8.22. The van der Waals surface area contributed by atoms with E-state index in [9.17, 15) is 10.1 Å². The number of nitrogens with one attached hydrogen (secondary N) is 1. The molecule has 2 fully saturated rings. The fourth-order valence-electron chi connectivity index (χ4n) is 7.18. The summed E-state index contributed by atoms with van der Waals surface area (Å²) in [6.07, 6.45) is 2.83. The maximum Gasteiger partial charge on any atom is 0.412 e. The van der Waals surface area contributed by atoms with Crippen molar-refractivity contribution in [3.05, 3.63) is 40.7 Å². The number of nitrogens with zero attached hydrogens (tertiary/aromatic N) is 7. The molecule has 1 aromatic carbocycles. The van der Waals surface area contributed by atoms with Crippen LogP contribution in [0.2, 0.25) is 0 Å². The number of hydrogen-bond acceptors (Lipinski definition) is 11. The number of amides is 1. The highest BCUT2D eigenvalue weighted by Crippen LogP contribution is 2.46. The lowest BCUT2D eigenvalue weighted by atomic mass is 9.94. The molecule has 3 atom stereocenters. The number of pyridine rings is 1. The van der Waals surface area contributed by atoms with E-state index in [0.717, 1.165) is 55.7 Å². The van der Waals surface area contributed by atoms with Crippen LogP contribution in [0.4, 0.5) is 24.5 Å². The minimum atomic E-state index is -0.795. The van der Waals surface area contributed by atoms with Crippen molar-refractivity contribution in [3.63, 3.8) is 0 Å². The van der Waals surface area contributed by atoms with Gasteiger partial charge < -0.3 is 19.3 Å². The Hall–Kier alpha value is -4.03. The largest absolute Gasteiger partial charge is 0.444 e. The number of ether oxygens (including phenoxy) is 2. The molecule has 7 rings (SSSR count). The lowest BCUT2D eigenvalue weighted by Gasteiger charge is -2.45. The first-order valence-electron chi connectivity index (χ1n) is 16.1. The number of anilines is 2. The fourth-order valence-corrected chi connectivity index (χ4v) is 8.22. The van der Waals surface area contributed by atoms with Crippen LogP contribution in [-0.4, -0.2) is 87.8 Å². The molecule has 3 aromatic heterocycles. The molecule has 0 unspecified atom stereocenters. The van der Waals surface area contributed by atoms with E-state index in [-0.39, 0.29) is 50.6 Å². The van der Waals surface area contributed by atoms with Gasteiger partial charge in [-0.05, 0) is 59.2 Å². The predicted octanol–water partition coefficient (Wildman–Crippen LogP) is 6.04. The summed E-state index contributed by atoms with van der Waals surface area (Å²) in [4.78, 5) is 33.5. The number of likely N-dealkylation sites (N-methyl/N-ethyl adjacent to an activating group) is 1. The second-order valence-corrected chi connectivity index (χ2v) is 15.0. The van der Waals surface area contributed by atoms with Gasteiger partial charge in [-0.25, -0.2) is 23.5 Å². The van der Waals surface area contributed by atoms with Crippen LogP contribution in [0.3, 0.4) is 0 Å². The molecule has 252 valence electrons. The summed E-state index contributed by atoms with van der Waals surface area (Å²) in [5.41, 5.74) is 0.747. The number of hydrogen-bond donors (Lipinski definition) is 1. The van der Waals surface area contributed by atoms with Crippen molar-refractivity contribution in [3.8, 4) is 17.3 Å². The Labute approximate surface area is 281 Å². The maximum absolute atomic E-state index is 17.0. The summed E-state index contributed by atoms with van der Waals surface area (Å²) in [6, 6.07) is 3.30. The van der Waals surface area contributed by atoms with Gasteiger partial charge in [0.15, 0.2) is 11.6 Å². The zero-order chi connectivity index (χ0) is 34.1. The first-order valence-corrected chi connectivity index (χ1v) is 17.0. The van der Waals surface area contributed by atoms with Crippen LogP contribution in [0.5, 0.6) is 0 Å². The second-order valence-electron chi connectivity index (χ2n) is 14.0. The third kappa shape index (κ3) is 5.62. The number of halogens is 2. The average Bonchev–Trinajstić information content (AvgIpc) is 3.78. The van der Waals surface area contributed by atoms with Gasteiger partial charge in [-0.2, -0.15) is 5.26 Å². The molecule has 6 heterocycles. The number of fused-ring (bicyclic) bond motifs is 4. The van der Waals surface area contributed by atoms with Gasteiger partial charge in [-0.3, -0.25) is 15.2 Å². The third-order valence-corrected chi connectivity index (χ3v) is 10.7. The number of piperazine rings is 1. The molecule has 0 radical (unpaired) electrons. The Balaban J connectivity index is 1.30. The van der Waals surface area contributed by atoms with Gasteiger partial charge >= 0.3 is 6.09 Å². The molecule has 3 aliphatic heterocycles. The summed E-state index contributed by atoms with van der Waals surface area (Å²) in [7, 11) is 2.17. The van der Waals surface area contributed by atoms with E-state index >= 15 is 8.78 Å². The van der Waals surface area contributed by atoms with Gasteiger partial charge in [0, 0.05) is 66.8 Å². The molecule has 1 amide bonds. The highest BCUT2D eigenvalue weighted by molar-refractivity contribution is 7.23. The molecule has 0 aliphatic carbocycles. The first-order chi connectivity index (χ1) is 22.8. The summed E-state index contributed by atoms with van der Waals surface area (Å²) in [5.74, 6) is -0.899. The van der Waals surface area contributed by atoms with E-state index in [1.165, 1.54) is 0 Å². The number of benzene rings is 1. The fraction of sp³-hybridized carbons (Fsp3) is 0.500. The van der Waals surface area contributed by atoms with Crippen molar-refractivity contribution >= 4 is 49.4 Å². The van der Waals surface area contributed by atoms with Crippen LogP contribution in [0.1, 0.15) is 57.7 Å². The molecule has 2 saturated heterocycles.